The summed E-state index contributed by atoms with van der Waals surface area (Å²) in [6.07, 6.45) is 4.85. The Morgan fingerprint density at radius 2 is 1.95 bits per heavy atom. The first kappa shape index (κ1) is 13.8. The zero-order valence-corrected chi connectivity index (χ0v) is 12.0. The Morgan fingerprint density at radius 3 is 2.53 bits per heavy atom. The third kappa shape index (κ3) is 3.04. The number of aryl methyl sites for hydroxylation is 1. The molecule has 0 radical (unpaired) electrons. The van der Waals surface area contributed by atoms with E-state index in [2.05, 4.69) is 56.3 Å². The quantitative estimate of drug-likeness (QED) is 0.895. The predicted octanol–water partition coefficient (Wildman–Crippen LogP) is 2.75. The first-order chi connectivity index (χ1) is 9.04. The van der Waals surface area contributed by atoms with Crippen molar-refractivity contribution in [2.24, 2.45) is 5.73 Å². The molecule has 102 valence electrons. The van der Waals surface area contributed by atoms with E-state index in [4.69, 9.17) is 5.73 Å². The number of aromatic nitrogens is 2. The van der Waals surface area contributed by atoms with Gasteiger partial charge in [0.2, 0.25) is 0 Å². The van der Waals surface area contributed by atoms with Gasteiger partial charge in [-0.25, -0.2) is 0 Å². The van der Waals surface area contributed by atoms with Crippen LogP contribution in [0.25, 0.3) is 0 Å². The summed E-state index contributed by atoms with van der Waals surface area (Å²) in [5, 5.41) is 4.30. The molecule has 1 atom stereocenters. The average Bonchev–Trinajstić information content (AvgIpc) is 2.87. The van der Waals surface area contributed by atoms with Crippen LogP contribution < -0.4 is 5.73 Å². The third-order valence-electron chi connectivity index (χ3n) is 3.91. The Balaban J connectivity index is 2.12. The maximum absolute atomic E-state index is 6.43. The molecule has 3 heteroatoms. The number of nitrogens with two attached hydrogens (primary N) is 1. The maximum atomic E-state index is 6.43. The van der Waals surface area contributed by atoms with Gasteiger partial charge in [0.1, 0.15) is 0 Å². The minimum Gasteiger partial charge on any atom is -0.327 e. The second kappa shape index (κ2) is 5.57. The molecule has 1 aromatic heterocycles. The van der Waals surface area contributed by atoms with Gasteiger partial charge in [0, 0.05) is 24.2 Å². The van der Waals surface area contributed by atoms with E-state index in [1.54, 1.807) is 0 Å². The van der Waals surface area contributed by atoms with Crippen LogP contribution in [0.15, 0.2) is 42.7 Å². The van der Waals surface area contributed by atoms with E-state index < -0.39 is 0 Å². The van der Waals surface area contributed by atoms with Gasteiger partial charge in [0.05, 0.1) is 6.20 Å². The Morgan fingerprint density at radius 1 is 1.26 bits per heavy atom. The van der Waals surface area contributed by atoms with Gasteiger partial charge >= 0.3 is 0 Å². The lowest BCUT2D eigenvalue weighted by molar-refractivity contribution is 0.406. The normalized spacial score (nSPS) is 13.5. The standard InChI is InChI=1S/C16H23N3/c1-4-19-12-13(11-18-19)10-15(17)16(2,3)14-8-6-5-7-9-14/h5-9,11-12,15H,4,10,17H2,1-3H3. The lowest BCUT2D eigenvalue weighted by atomic mass is 9.76. The van der Waals surface area contributed by atoms with Crippen LogP contribution in [0, 0.1) is 0 Å². The highest BCUT2D eigenvalue weighted by molar-refractivity contribution is 5.26. The monoisotopic (exact) mass is 257 g/mol. The van der Waals surface area contributed by atoms with Gasteiger partial charge in [-0.3, -0.25) is 4.68 Å². The number of nitrogens with zero attached hydrogens (tertiary/aromatic N) is 2. The fourth-order valence-corrected chi connectivity index (χ4v) is 2.28. The molecular weight excluding hydrogens is 234 g/mol. The average molecular weight is 257 g/mol. The van der Waals surface area contributed by atoms with E-state index in [-0.39, 0.29) is 11.5 Å². The van der Waals surface area contributed by atoms with Crippen molar-refractivity contribution >= 4 is 0 Å². The first-order valence-corrected chi connectivity index (χ1v) is 6.86. The molecule has 0 bridgehead atoms. The van der Waals surface area contributed by atoms with Crippen molar-refractivity contribution in [3.63, 3.8) is 0 Å². The van der Waals surface area contributed by atoms with Gasteiger partial charge in [0.15, 0.2) is 0 Å². The molecule has 1 heterocycles. The summed E-state index contributed by atoms with van der Waals surface area (Å²) in [7, 11) is 0. The van der Waals surface area contributed by atoms with Crippen molar-refractivity contribution < 1.29 is 0 Å². The molecule has 2 rings (SSSR count). The van der Waals surface area contributed by atoms with Crippen molar-refractivity contribution in [1.82, 2.24) is 9.78 Å². The highest BCUT2D eigenvalue weighted by Gasteiger charge is 2.28. The molecule has 2 aromatic rings. The van der Waals surface area contributed by atoms with Crippen molar-refractivity contribution in [3.8, 4) is 0 Å². The molecule has 0 amide bonds. The van der Waals surface area contributed by atoms with Crippen LogP contribution >= 0.6 is 0 Å². The molecule has 0 saturated heterocycles. The van der Waals surface area contributed by atoms with Crippen molar-refractivity contribution in [1.29, 1.82) is 0 Å². The van der Waals surface area contributed by atoms with E-state index in [9.17, 15) is 0 Å². The molecule has 2 N–H and O–H groups in total. The first-order valence-electron chi connectivity index (χ1n) is 6.86. The summed E-state index contributed by atoms with van der Waals surface area (Å²) >= 11 is 0. The minimum absolute atomic E-state index is 0.0461. The summed E-state index contributed by atoms with van der Waals surface area (Å²) in [6, 6.07) is 10.5. The van der Waals surface area contributed by atoms with Crippen LogP contribution in [0.4, 0.5) is 0 Å². The van der Waals surface area contributed by atoms with Crippen LogP contribution in [0.2, 0.25) is 0 Å². The Kier molecular flexibility index (Phi) is 4.05. The highest BCUT2D eigenvalue weighted by atomic mass is 15.3. The number of rotatable bonds is 5. The van der Waals surface area contributed by atoms with Crippen LogP contribution in [0.5, 0.6) is 0 Å². The Labute approximate surface area is 115 Å². The smallest absolute Gasteiger partial charge is 0.0522 e. The molecule has 1 unspecified atom stereocenters. The summed E-state index contributed by atoms with van der Waals surface area (Å²) in [5.41, 5.74) is 8.87. The van der Waals surface area contributed by atoms with E-state index in [1.807, 2.05) is 16.9 Å². The second-order valence-electron chi connectivity index (χ2n) is 5.60. The van der Waals surface area contributed by atoms with Gasteiger partial charge in [-0.2, -0.15) is 5.10 Å². The molecule has 0 spiro atoms. The molecule has 0 fully saturated rings. The molecule has 0 aliphatic heterocycles. The van der Waals surface area contributed by atoms with Crippen LogP contribution in [-0.2, 0) is 18.4 Å². The van der Waals surface area contributed by atoms with Gasteiger partial charge in [0.25, 0.3) is 0 Å². The molecule has 0 aliphatic carbocycles. The number of benzene rings is 1. The zero-order valence-electron chi connectivity index (χ0n) is 12.0. The van der Waals surface area contributed by atoms with E-state index >= 15 is 0 Å². The lowest BCUT2D eigenvalue weighted by Gasteiger charge is -2.32. The van der Waals surface area contributed by atoms with Crippen LogP contribution in [0.3, 0.4) is 0 Å². The van der Waals surface area contributed by atoms with E-state index in [1.165, 1.54) is 11.1 Å². The number of hydrogen-bond donors (Lipinski definition) is 1. The molecule has 0 aliphatic rings. The van der Waals surface area contributed by atoms with Crippen LogP contribution in [0.1, 0.15) is 31.9 Å². The fraction of sp³-hybridized carbons (Fsp3) is 0.438. The molecule has 1 aromatic carbocycles. The fourth-order valence-electron chi connectivity index (χ4n) is 2.28. The Bertz CT molecular complexity index is 514. The lowest BCUT2D eigenvalue weighted by Crippen LogP contribution is -2.42. The molecule has 0 saturated carbocycles. The van der Waals surface area contributed by atoms with Gasteiger partial charge in [-0.15, -0.1) is 0 Å². The summed E-state index contributed by atoms with van der Waals surface area (Å²) in [4.78, 5) is 0. The summed E-state index contributed by atoms with van der Waals surface area (Å²) < 4.78 is 1.94. The topological polar surface area (TPSA) is 43.8 Å². The molecule has 19 heavy (non-hydrogen) atoms. The van der Waals surface area contributed by atoms with Gasteiger partial charge in [-0.05, 0) is 24.5 Å². The van der Waals surface area contributed by atoms with Crippen molar-refractivity contribution in [3.05, 3.63) is 53.9 Å². The number of hydrogen-bond acceptors (Lipinski definition) is 2. The third-order valence-corrected chi connectivity index (χ3v) is 3.91. The van der Waals surface area contributed by atoms with Crippen LogP contribution in [-0.4, -0.2) is 15.8 Å². The zero-order chi connectivity index (χ0) is 13.9. The largest absolute Gasteiger partial charge is 0.327 e. The predicted molar refractivity (Wildman–Crippen MR) is 79.0 cm³/mol. The van der Waals surface area contributed by atoms with E-state index in [0.717, 1.165) is 13.0 Å². The van der Waals surface area contributed by atoms with Gasteiger partial charge < -0.3 is 5.73 Å². The summed E-state index contributed by atoms with van der Waals surface area (Å²) in [6.45, 7) is 7.40. The highest BCUT2D eigenvalue weighted by Crippen LogP contribution is 2.27. The minimum atomic E-state index is -0.0461. The van der Waals surface area contributed by atoms with Crippen molar-refractivity contribution in [2.45, 2.75) is 45.2 Å². The SMILES string of the molecule is CCn1cc(CC(N)C(C)(C)c2ccccc2)cn1. The van der Waals surface area contributed by atoms with E-state index in [0.29, 0.717) is 0 Å². The van der Waals surface area contributed by atoms with Gasteiger partial charge in [-0.1, -0.05) is 44.2 Å². The maximum Gasteiger partial charge on any atom is 0.0522 e. The Hall–Kier alpha value is -1.61. The molecule has 3 nitrogen and oxygen atoms in total. The molecular formula is C16H23N3. The van der Waals surface area contributed by atoms with Crippen molar-refractivity contribution in [2.75, 3.05) is 0 Å². The summed E-state index contributed by atoms with van der Waals surface area (Å²) in [5.74, 6) is 0. The second-order valence-corrected chi connectivity index (χ2v) is 5.60.